The molecular formula is C14H16BrN3O2. The molecule has 106 valence electrons. The molecular weight excluding hydrogens is 322 g/mol. The molecule has 0 aliphatic carbocycles. The molecule has 2 aromatic rings. The first-order chi connectivity index (χ1) is 9.51. The van der Waals surface area contributed by atoms with E-state index in [1.807, 2.05) is 13.8 Å². The van der Waals surface area contributed by atoms with Crippen LogP contribution in [0, 0.1) is 0 Å². The summed E-state index contributed by atoms with van der Waals surface area (Å²) in [6.07, 6.45) is 3.44. The van der Waals surface area contributed by atoms with Crippen LogP contribution in [-0.4, -0.2) is 22.8 Å². The van der Waals surface area contributed by atoms with Crippen molar-refractivity contribution in [1.29, 1.82) is 0 Å². The Balaban J connectivity index is 2.13. The molecule has 0 atom stereocenters. The molecule has 5 nitrogen and oxygen atoms in total. The number of amides is 1. The van der Waals surface area contributed by atoms with E-state index in [-0.39, 0.29) is 11.9 Å². The minimum Gasteiger partial charge on any atom is -0.496 e. The summed E-state index contributed by atoms with van der Waals surface area (Å²) >= 11 is 3.36. The molecule has 1 N–H and O–H groups in total. The number of aromatic nitrogens is 2. The number of hydrogen-bond acceptors (Lipinski definition) is 3. The Morgan fingerprint density at radius 2 is 2.20 bits per heavy atom. The molecule has 6 heteroatoms. The minimum absolute atomic E-state index is 0.184. The van der Waals surface area contributed by atoms with Gasteiger partial charge < -0.3 is 10.1 Å². The van der Waals surface area contributed by atoms with E-state index in [0.29, 0.717) is 17.0 Å². The minimum atomic E-state index is -0.184. The highest BCUT2D eigenvalue weighted by atomic mass is 79.9. The van der Waals surface area contributed by atoms with Gasteiger partial charge in [0.25, 0.3) is 5.91 Å². The summed E-state index contributed by atoms with van der Waals surface area (Å²) in [5.74, 6) is 0.505. The summed E-state index contributed by atoms with van der Waals surface area (Å²) < 4.78 is 7.67. The van der Waals surface area contributed by atoms with Gasteiger partial charge in [0, 0.05) is 17.8 Å². The van der Waals surface area contributed by atoms with E-state index in [1.54, 1.807) is 42.4 Å². The number of methoxy groups -OCH3 is 1. The molecule has 0 aliphatic rings. The smallest absolute Gasteiger partial charge is 0.255 e. The predicted molar refractivity (Wildman–Crippen MR) is 81.3 cm³/mol. The number of benzene rings is 1. The van der Waals surface area contributed by atoms with E-state index in [1.165, 1.54) is 0 Å². The van der Waals surface area contributed by atoms with Gasteiger partial charge in [-0.3, -0.25) is 9.48 Å². The molecule has 20 heavy (non-hydrogen) atoms. The number of nitrogens with zero attached hydrogens (tertiary/aromatic N) is 2. The van der Waals surface area contributed by atoms with E-state index >= 15 is 0 Å². The van der Waals surface area contributed by atoms with Crippen molar-refractivity contribution in [2.75, 3.05) is 12.4 Å². The predicted octanol–water partition coefficient (Wildman–Crippen LogP) is 3.49. The fourth-order valence-electron chi connectivity index (χ4n) is 1.70. The van der Waals surface area contributed by atoms with Crippen molar-refractivity contribution < 1.29 is 9.53 Å². The number of carbonyl (C=O) groups excluding carboxylic acids is 1. The second kappa shape index (κ2) is 6.09. The Labute approximate surface area is 126 Å². The average molecular weight is 338 g/mol. The molecule has 0 unspecified atom stereocenters. The average Bonchev–Trinajstić information content (AvgIpc) is 2.87. The SMILES string of the molecule is COc1ccc(C(=O)Nc2cnn(C(C)C)c2)cc1Br. The van der Waals surface area contributed by atoms with Crippen LogP contribution in [0.25, 0.3) is 0 Å². The number of anilines is 1. The number of rotatable bonds is 4. The molecule has 1 aromatic heterocycles. The Morgan fingerprint density at radius 3 is 2.75 bits per heavy atom. The second-order valence-corrected chi connectivity index (χ2v) is 5.46. The van der Waals surface area contributed by atoms with Gasteiger partial charge in [0.15, 0.2) is 0 Å². The molecule has 0 radical (unpaired) electrons. The van der Waals surface area contributed by atoms with Crippen molar-refractivity contribution in [1.82, 2.24) is 9.78 Å². The maximum atomic E-state index is 12.1. The van der Waals surface area contributed by atoms with Gasteiger partial charge in [-0.1, -0.05) is 0 Å². The number of carbonyl (C=O) groups is 1. The number of nitrogens with one attached hydrogen (secondary N) is 1. The summed E-state index contributed by atoms with van der Waals surface area (Å²) in [6, 6.07) is 5.44. The number of halogens is 1. The summed E-state index contributed by atoms with van der Waals surface area (Å²) in [7, 11) is 1.58. The fraction of sp³-hybridized carbons (Fsp3) is 0.286. The van der Waals surface area contributed by atoms with Gasteiger partial charge in [-0.15, -0.1) is 0 Å². The van der Waals surface area contributed by atoms with Crippen molar-refractivity contribution in [3.63, 3.8) is 0 Å². The molecule has 0 bridgehead atoms. The zero-order chi connectivity index (χ0) is 14.7. The summed E-state index contributed by atoms with van der Waals surface area (Å²) in [5.41, 5.74) is 1.23. The third-order valence-electron chi connectivity index (χ3n) is 2.80. The van der Waals surface area contributed by atoms with Crippen LogP contribution in [-0.2, 0) is 0 Å². The molecule has 1 aromatic carbocycles. The zero-order valence-corrected chi connectivity index (χ0v) is 13.1. The van der Waals surface area contributed by atoms with Gasteiger partial charge in [-0.25, -0.2) is 0 Å². The molecule has 0 aliphatic heterocycles. The highest BCUT2D eigenvalue weighted by Crippen LogP contribution is 2.25. The van der Waals surface area contributed by atoms with E-state index < -0.39 is 0 Å². The molecule has 0 fully saturated rings. The third kappa shape index (κ3) is 3.19. The normalized spacial score (nSPS) is 10.7. The lowest BCUT2D eigenvalue weighted by Crippen LogP contribution is -2.11. The van der Waals surface area contributed by atoms with Crippen LogP contribution < -0.4 is 10.1 Å². The van der Waals surface area contributed by atoms with Crippen LogP contribution in [0.15, 0.2) is 35.1 Å². The van der Waals surface area contributed by atoms with Crippen molar-refractivity contribution in [3.05, 3.63) is 40.6 Å². The lowest BCUT2D eigenvalue weighted by molar-refractivity contribution is 0.102. The van der Waals surface area contributed by atoms with Crippen molar-refractivity contribution in [2.24, 2.45) is 0 Å². The summed E-state index contributed by atoms with van der Waals surface area (Å²) in [5, 5.41) is 6.99. The van der Waals surface area contributed by atoms with Crippen LogP contribution >= 0.6 is 15.9 Å². The van der Waals surface area contributed by atoms with Gasteiger partial charge in [0.2, 0.25) is 0 Å². The van der Waals surface area contributed by atoms with Crippen LogP contribution in [0.3, 0.4) is 0 Å². The zero-order valence-electron chi connectivity index (χ0n) is 11.6. The fourth-order valence-corrected chi connectivity index (χ4v) is 2.24. The van der Waals surface area contributed by atoms with E-state index in [0.717, 1.165) is 4.47 Å². The van der Waals surface area contributed by atoms with Crippen LogP contribution in [0.2, 0.25) is 0 Å². The van der Waals surface area contributed by atoms with Crippen LogP contribution in [0.5, 0.6) is 5.75 Å². The van der Waals surface area contributed by atoms with Crippen LogP contribution in [0.4, 0.5) is 5.69 Å². The molecule has 1 amide bonds. The Kier molecular flexibility index (Phi) is 4.44. The van der Waals surface area contributed by atoms with Crippen LogP contribution in [0.1, 0.15) is 30.2 Å². The lowest BCUT2D eigenvalue weighted by atomic mass is 10.2. The second-order valence-electron chi connectivity index (χ2n) is 4.61. The first-order valence-corrected chi connectivity index (χ1v) is 6.99. The highest BCUT2D eigenvalue weighted by molar-refractivity contribution is 9.10. The highest BCUT2D eigenvalue weighted by Gasteiger charge is 2.10. The van der Waals surface area contributed by atoms with Crippen molar-refractivity contribution in [2.45, 2.75) is 19.9 Å². The molecule has 2 rings (SSSR count). The third-order valence-corrected chi connectivity index (χ3v) is 3.42. The van der Waals surface area contributed by atoms with Crippen molar-refractivity contribution >= 4 is 27.5 Å². The monoisotopic (exact) mass is 337 g/mol. The van der Waals surface area contributed by atoms with E-state index in [2.05, 4.69) is 26.3 Å². The lowest BCUT2D eigenvalue weighted by Gasteiger charge is -2.06. The topological polar surface area (TPSA) is 56.1 Å². The van der Waals surface area contributed by atoms with Crippen molar-refractivity contribution in [3.8, 4) is 5.75 Å². The van der Waals surface area contributed by atoms with Gasteiger partial charge >= 0.3 is 0 Å². The molecule has 0 saturated heterocycles. The first-order valence-electron chi connectivity index (χ1n) is 6.20. The summed E-state index contributed by atoms with van der Waals surface area (Å²) in [4.78, 5) is 12.1. The maximum absolute atomic E-state index is 12.1. The number of ether oxygens (including phenoxy) is 1. The Bertz CT molecular complexity index is 623. The maximum Gasteiger partial charge on any atom is 0.255 e. The molecule has 1 heterocycles. The Hall–Kier alpha value is -1.82. The Morgan fingerprint density at radius 1 is 1.45 bits per heavy atom. The standard InChI is InChI=1S/C14H16BrN3O2/c1-9(2)18-8-11(7-16-18)17-14(19)10-4-5-13(20-3)12(15)6-10/h4-9H,1-3H3,(H,17,19). The largest absolute Gasteiger partial charge is 0.496 e. The van der Waals surface area contributed by atoms with E-state index in [9.17, 15) is 4.79 Å². The first kappa shape index (κ1) is 14.6. The van der Waals surface area contributed by atoms with Gasteiger partial charge in [0.05, 0.1) is 23.5 Å². The van der Waals surface area contributed by atoms with Gasteiger partial charge in [0.1, 0.15) is 5.75 Å². The van der Waals surface area contributed by atoms with E-state index in [4.69, 9.17) is 4.74 Å². The summed E-state index contributed by atoms with van der Waals surface area (Å²) in [6.45, 7) is 4.05. The molecule has 0 spiro atoms. The quantitative estimate of drug-likeness (QED) is 0.928. The van der Waals surface area contributed by atoms with Gasteiger partial charge in [-0.05, 0) is 48.0 Å². The number of hydrogen-bond donors (Lipinski definition) is 1. The molecule has 0 saturated carbocycles. The van der Waals surface area contributed by atoms with Gasteiger partial charge in [-0.2, -0.15) is 5.10 Å².